The van der Waals surface area contributed by atoms with E-state index in [0.29, 0.717) is 5.57 Å². The first kappa shape index (κ1) is 30.5. The molecule has 0 aromatic carbocycles. The number of carbonyl (C=O) groups is 4. The van der Waals surface area contributed by atoms with E-state index in [9.17, 15) is 19.2 Å². The first-order valence-electron chi connectivity index (χ1n) is 11.7. The smallest absolute Gasteiger partial charge is 0.316 e. The lowest BCUT2D eigenvalue weighted by Crippen LogP contribution is -2.35. The second-order valence-electron chi connectivity index (χ2n) is 10.4. The van der Waals surface area contributed by atoms with Crippen molar-refractivity contribution in [2.45, 2.75) is 60.5 Å². The molecule has 35 heavy (non-hydrogen) atoms. The molecule has 0 saturated carbocycles. The van der Waals surface area contributed by atoms with Crippen LogP contribution in [0.5, 0.6) is 0 Å². The van der Waals surface area contributed by atoms with E-state index in [-0.39, 0.29) is 43.8 Å². The van der Waals surface area contributed by atoms with Crippen molar-refractivity contribution in [2.24, 2.45) is 22.7 Å². The number of carbonyl (C=O) groups excluding carboxylic acids is 4. The first-order valence-corrected chi connectivity index (χ1v) is 11.7. The summed E-state index contributed by atoms with van der Waals surface area (Å²) < 4.78 is 21.2. The second kappa shape index (κ2) is 13.5. The summed E-state index contributed by atoms with van der Waals surface area (Å²) in [4.78, 5) is 50.9. The number of methoxy groups -OCH3 is 2. The molecule has 196 valence electrons. The Labute approximate surface area is 208 Å². The van der Waals surface area contributed by atoms with Crippen LogP contribution in [0.25, 0.3) is 0 Å². The third kappa shape index (κ3) is 9.90. The van der Waals surface area contributed by atoms with Gasteiger partial charge in [0.1, 0.15) is 12.7 Å². The normalized spacial score (nSPS) is 27.2. The Bertz CT molecular complexity index is 857. The summed E-state index contributed by atoms with van der Waals surface area (Å²) in [6, 6.07) is 0. The average molecular weight is 493 g/mol. The highest BCUT2D eigenvalue weighted by molar-refractivity contribution is 6.03. The number of esters is 2. The van der Waals surface area contributed by atoms with Crippen LogP contribution in [-0.4, -0.2) is 57.2 Å². The quantitative estimate of drug-likeness (QED) is 0.311. The molecule has 1 unspecified atom stereocenters. The summed E-state index contributed by atoms with van der Waals surface area (Å²) in [5.41, 5.74) is -1.07. The predicted molar refractivity (Wildman–Crippen MR) is 131 cm³/mol. The van der Waals surface area contributed by atoms with E-state index < -0.39 is 34.7 Å². The van der Waals surface area contributed by atoms with Crippen molar-refractivity contribution in [1.82, 2.24) is 0 Å². The van der Waals surface area contributed by atoms with Crippen LogP contribution in [0, 0.1) is 22.7 Å². The van der Waals surface area contributed by atoms with E-state index in [4.69, 9.17) is 18.9 Å². The standard InChI is InChI=1S/C27H40O8/c1-18-13-20(28)15-19(16-34-25(31)26(2,3)4)22(35-17-32-7)11-9-10-12-27(5,6)23(29)21(14-18)24(30)33-8/h9-13,19,21-22H,14-17H2,1-8H3/b11-9+,12-10+,18-13+/t19-,21?,22-/m1/s1. The molecule has 0 amide bonds. The number of allylic oxidation sites excluding steroid dienone is 5. The van der Waals surface area contributed by atoms with Gasteiger partial charge in [0.15, 0.2) is 11.6 Å². The van der Waals surface area contributed by atoms with E-state index in [2.05, 4.69) is 0 Å². The summed E-state index contributed by atoms with van der Waals surface area (Å²) in [5.74, 6) is -3.07. The van der Waals surface area contributed by atoms with Crippen LogP contribution in [0.3, 0.4) is 0 Å². The van der Waals surface area contributed by atoms with Crippen LogP contribution >= 0.6 is 0 Å². The molecule has 0 bridgehead atoms. The maximum absolute atomic E-state index is 13.2. The molecule has 1 rings (SSSR count). The lowest BCUT2D eigenvalue weighted by Gasteiger charge is -2.26. The van der Waals surface area contributed by atoms with Crippen LogP contribution in [0.2, 0.25) is 0 Å². The van der Waals surface area contributed by atoms with Gasteiger partial charge in [0.05, 0.1) is 25.2 Å². The highest BCUT2D eigenvalue weighted by Crippen LogP contribution is 2.29. The fraction of sp³-hybridized carbons (Fsp3) is 0.630. The molecule has 3 atom stereocenters. The molecule has 0 radical (unpaired) electrons. The lowest BCUT2D eigenvalue weighted by molar-refractivity contribution is -0.157. The van der Waals surface area contributed by atoms with Crippen molar-refractivity contribution in [2.75, 3.05) is 27.6 Å². The van der Waals surface area contributed by atoms with E-state index >= 15 is 0 Å². The van der Waals surface area contributed by atoms with Gasteiger partial charge in [-0.05, 0) is 54.0 Å². The highest BCUT2D eigenvalue weighted by Gasteiger charge is 2.37. The van der Waals surface area contributed by atoms with Crippen molar-refractivity contribution < 1.29 is 38.1 Å². The number of ether oxygens (including phenoxy) is 4. The summed E-state index contributed by atoms with van der Waals surface area (Å²) in [7, 11) is 2.73. The minimum absolute atomic E-state index is 0.0176. The molecule has 8 nitrogen and oxygen atoms in total. The summed E-state index contributed by atoms with van der Waals surface area (Å²) in [6.07, 6.45) is 7.78. The number of hydrogen-bond donors (Lipinski definition) is 0. The van der Waals surface area contributed by atoms with Crippen LogP contribution in [0.15, 0.2) is 36.0 Å². The average Bonchev–Trinajstić information content (AvgIpc) is 2.77. The van der Waals surface area contributed by atoms with Crippen LogP contribution in [-0.2, 0) is 38.1 Å². The number of rotatable bonds is 6. The van der Waals surface area contributed by atoms with Crippen molar-refractivity contribution in [3.63, 3.8) is 0 Å². The van der Waals surface area contributed by atoms with Gasteiger partial charge in [0, 0.05) is 24.9 Å². The molecule has 1 aliphatic rings. The van der Waals surface area contributed by atoms with E-state index in [1.165, 1.54) is 20.3 Å². The van der Waals surface area contributed by atoms with Crippen LogP contribution < -0.4 is 0 Å². The Morgan fingerprint density at radius 3 is 2.31 bits per heavy atom. The Hall–Kier alpha value is -2.58. The monoisotopic (exact) mass is 492 g/mol. The molecule has 0 spiro atoms. The third-order valence-corrected chi connectivity index (χ3v) is 5.64. The largest absolute Gasteiger partial charge is 0.468 e. The van der Waals surface area contributed by atoms with E-state index in [1.807, 2.05) is 0 Å². The Morgan fingerprint density at radius 1 is 1.09 bits per heavy atom. The zero-order valence-corrected chi connectivity index (χ0v) is 22.2. The topological polar surface area (TPSA) is 105 Å². The Kier molecular flexibility index (Phi) is 11.7. The van der Waals surface area contributed by atoms with Gasteiger partial charge in [-0.15, -0.1) is 0 Å². The molecule has 0 aromatic rings. The molecule has 0 aliphatic heterocycles. The fourth-order valence-corrected chi connectivity index (χ4v) is 3.56. The van der Waals surface area contributed by atoms with Gasteiger partial charge in [0.2, 0.25) is 0 Å². The molecule has 8 heteroatoms. The number of Topliss-reactive ketones (excluding diaryl/α,β-unsaturated/α-hetero) is 1. The fourth-order valence-electron chi connectivity index (χ4n) is 3.56. The van der Waals surface area contributed by atoms with Gasteiger partial charge < -0.3 is 18.9 Å². The maximum atomic E-state index is 13.2. The minimum Gasteiger partial charge on any atom is -0.468 e. The van der Waals surface area contributed by atoms with Gasteiger partial charge in [-0.25, -0.2) is 0 Å². The molecule has 0 saturated heterocycles. The zero-order chi connectivity index (χ0) is 26.8. The molecule has 0 fully saturated rings. The number of ketones is 2. The van der Waals surface area contributed by atoms with Crippen molar-refractivity contribution in [3.05, 3.63) is 36.0 Å². The summed E-state index contributed by atoms with van der Waals surface area (Å²) in [5, 5.41) is 0. The summed E-state index contributed by atoms with van der Waals surface area (Å²) in [6.45, 7) is 10.4. The third-order valence-electron chi connectivity index (χ3n) is 5.64. The van der Waals surface area contributed by atoms with Crippen molar-refractivity contribution in [1.29, 1.82) is 0 Å². The highest BCUT2D eigenvalue weighted by atomic mass is 16.7. The minimum atomic E-state index is -1.03. The SMILES string of the molecule is COCO[C@@H]1/C=C/C=C/C(C)(C)C(=O)C(C(=O)OC)C/C(C)=C/C(=O)C[C@@H]1COC(=O)C(C)(C)C. The molecular weight excluding hydrogens is 452 g/mol. The van der Waals surface area contributed by atoms with Gasteiger partial charge >= 0.3 is 11.9 Å². The lowest BCUT2D eigenvalue weighted by atomic mass is 9.78. The van der Waals surface area contributed by atoms with E-state index in [0.717, 1.165) is 0 Å². The first-order chi connectivity index (χ1) is 16.2. The predicted octanol–water partition coefficient (Wildman–Crippen LogP) is 3.99. The molecule has 0 heterocycles. The molecule has 0 N–H and O–H groups in total. The zero-order valence-electron chi connectivity index (χ0n) is 22.2. The Balaban J connectivity index is 3.42. The van der Waals surface area contributed by atoms with Crippen molar-refractivity contribution >= 4 is 23.5 Å². The molecule has 1 aliphatic carbocycles. The van der Waals surface area contributed by atoms with Crippen molar-refractivity contribution in [3.8, 4) is 0 Å². The molecular formula is C27H40O8. The summed E-state index contributed by atoms with van der Waals surface area (Å²) >= 11 is 0. The number of hydrogen-bond acceptors (Lipinski definition) is 8. The van der Waals surface area contributed by atoms with Gasteiger partial charge in [-0.3, -0.25) is 19.2 Å². The molecule has 0 aromatic heterocycles. The van der Waals surface area contributed by atoms with Gasteiger partial charge in [-0.1, -0.05) is 29.9 Å². The van der Waals surface area contributed by atoms with Crippen LogP contribution in [0.1, 0.15) is 54.4 Å². The second-order valence-corrected chi connectivity index (χ2v) is 10.4. The van der Waals surface area contributed by atoms with Crippen LogP contribution in [0.4, 0.5) is 0 Å². The van der Waals surface area contributed by atoms with Gasteiger partial charge in [0.25, 0.3) is 0 Å². The van der Waals surface area contributed by atoms with E-state index in [1.54, 1.807) is 65.8 Å². The Morgan fingerprint density at radius 2 is 1.74 bits per heavy atom. The van der Waals surface area contributed by atoms with Gasteiger partial charge in [-0.2, -0.15) is 0 Å². The maximum Gasteiger partial charge on any atom is 0.316 e.